The van der Waals surface area contributed by atoms with Crippen LogP contribution in [0.25, 0.3) is 10.9 Å². The van der Waals surface area contributed by atoms with Crippen molar-refractivity contribution < 1.29 is 23.5 Å². The molecule has 0 bridgehead atoms. The van der Waals surface area contributed by atoms with E-state index in [0.29, 0.717) is 24.3 Å². The predicted octanol–water partition coefficient (Wildman–Crippen LogP) is 4.67. The largest absolute Gasteiger partial charge is 0.444 e. The van der Waals surface area contributed by atoms with Crippen LogP contribution in [0.1, 0.15) is 44.7 Å². The van der Waals surface area contributed by atoms with Crippen LogP contribution in [0.2, 0.25) is 0 Å². The van der Waals surface area contributed by atoms with Crippen molar-refractivity contribution in [3.05, 3.63) is 83.4 Å². The molecule has 1 fully saturated rings. The molecule has 3 aromatic rings. The second kappa shape index (κ2) is 10.5. The highest BCUT2D eigenvalue weighted by atomic mass is 19.1. The van der Waals surface area contributed by atoms with Gasteiger partial charge in [-0.15, -0.1) is 0 Å². The van der Waals surface area contributed by atoms with E-state index in [0.717, 1.165) is 16.5 Å². The molecule has 0 aliphatic carbocycles. The van der Waals surface area contributed by atoms with Gasteiger partial charge in [0.2, 0.25) is 5.91 Å². The summed E-state index contributed by atoms with van der Waals surface area (Å²) in [5.74, 6) is -0.860. The molecule has 0 radical (unpaired) electrons. The van der Waals surface area contributed by atoms with Crippen LogP contribution >= 0.6 is 0 Å². The van der Waals surface area contributed by atoms with Crippen molar-refractivity contribution in [1.82, 2.24) is 14.8 Å². The molecule has 5 rings (SSSR count). The van der Waals surface area contributed by atoms with E-state index in [9.17, 15) is 14.0 Å². The van der Waals surface area contributed by atoms with E-state index < -0.39 is 29.9 Å². The predicted molar refractivity (Wildman–Crippen MR) is 146 cm³/mol. The molecule has 2 aromatic carbocycles. The van der Waals surface area contributed by atoms with Crippen LogP contribution in [0.4, 0.5) is 9.18 Å². The Kier molecular flexibility index (Phi) is 7.22. The van der Waals surface area contributed by atoms with E-state index in [1.165, 1.54) is 12.1 Å². The summed E-state index contributed by atoms with van der Waals surface area (Å²) in [6.45, 7) is 8.31. The fraction of sp³-hybridized carbons (Fsp3) is 0.400. The molecule has 2 aliphatic rings. The molecule has 0 saturated carbocycles. The van der Waals surface area contributed by atoms with Crippen molar-refractivity contribution in [2.45, 2.75) is 64.0 Å². The molecule has 4 unspecified atom stereocenters. The van der Waals surface area contributed by atoms with Gasteiger partial charge in [0, 0.05) is 41.8 Å². The summed E-state index contributed by atoms with van der Waals surface area (Å²) in [6, 6.07) is 12.7. The SMILES string of the molecule is CC(OC(C)(C)C)C(N)C(=O)N1CC=C2C1C(c1c[nH]c3cc(F)ccc13)CN2C(=O)OCc1ccccc1. The molecule has 3 N–H and O–H groups in total. The zero-order chi connectivity index (χ0) is 27.9. The summed E-state index contributed by atoms with van der Waals surface area (Å²) >= 11 is 0. The third-order valence-corrected chi connectivity index (χ3v) is 7.32. The van der Waals surface area contributed by atoms with Gasteiger partial charge in [0.1, 0.15) is 18.5 Å². The number of fused-ring (bicyclic) bond motifs is 2. The van der Waals surface area contributed by atoms with E-state index in [2.05, 4.69) is 4.98 Å². The number of likely N-dealkylation sites (tertiary alicyclic amines) is 1. The van der Waals surface area contributed by atoms with Crippen LogP contribution in [0.15, 0.2) is 66.5 Å². The number of benzene rings is 2. The topological polar surface area (TPSA) is 101 Å². The minimum atomic E-state index is -0.881. The van der Waals surface area contributed by atoms with Gasteiger partial charge in [-0.25, -0.2) is 9.18 Å². The van der Waals surface area contributed by atoms with Crippen LogP contribution in [-0.2, 0) is 20.9 Å². The molecule has 2 aliphatic heterocycles. The highest BCUT2D eigenvalue weighted by molar-refractivity contribution is 5.87. The van der Waals surface area contributed by atoms with Crippen molar-refractivity contribution in [2.75, 3.05) is 13.1 Å². The number of H-pyrrole nitrogens is 1. The van der Waals surface area contributed by atoms with Crippen LogP contribution in [0.5, 0.6) is 0 Å². The van der Waals surface area contributed by atoms with Crippen molar-refractivity contribution >= 4 is 22.9 Å². The lowest BCUT2D eigenvalue weighted by molar-refractivity contribution is -0.140. The maximum atomic E-state index is 13.9. The number of halogens is 1. The normalized spacial score (nSPS) is 20.6. The number of nitrogens with one attached hydrogen (secondary N) is 1. The summed E-state index contributed by atoms with van der Waals surface area (Å²) in [7, 11) is 0. The maximum Gasteiger partial charge on any atom is 0.414 e. The van der Waals surface area contributed by atoms with Crippen LogP contribution in [-0.4, -0.2) is 63.7 Å². The van der Waals surface area contributed by atoms with Crippen LogP contribution in [0.3, 0.4) is 0 Å². The number of nitrogens with zero attached hydrogens (tertiary/aromatic N) is 2. The summed E-state index contributed by atoms with van der Waals surface area (Å²) in [5.41, 5.74) is 9.10. The zero-order valence-corrected chi connectivity index (χ0v) is 22.7. The smallest absolute Gasteiger partial charge is 0.414 e. The Labute approximate surface area is 227 Å². The molecule has 0 spiro atoms. The molecule has 1 aromatic heterocycles. The van der Waals surface area contributed by atoms with E-state index >= 15 is 0 Å². The minimum Gasteiger partial charge on any atom is -0.444 e. The highest BCUT2D eigenvalue weighted by Crippen LogP contribution is 2.43. The van der Waals surface area contributed by atoms with Crippen molar-refractivity contribution in [1.29, 1.82) is 0 Å². The van der Waals surface area contributed by atoms with Gasteiger partial charge in [0.05, 0.1) is 17.7 Å². The van der Waals surface area contributed by atoms with E-state index in [1.807, 2.05) is 63.4 Å². The molecular formula is C30H35FN4O4. The van der Waals surface area contributed by atoms with Gasteiger partial charge in [-0.1, -0.05) is 30.3 Å². The summed E-state index contributed by atoms with van der Waals surface area (Å²) in [5, 5.41) is 0.841. The Bertz CT molecular complexity index is 1400. The molecule has 206 valence electrons. The summed E-state index contributed by atoms with van der Waals surface area (Å²) in [4.78, 5) is 33.5. The number of nitrogens with two attached hydrogens (primary N) is 1. The van der Waals surface area contributed by atoms with E-state index in [-0.39, 0.29) is 24.2 Å². The minimum absolute atomic E-state index is 0.139. The number of aromatic amines is 1. The molecule has 4 atom stereocenters. The summed E-state index contributed by atoms with van der Waals surface area (Å²) in [6.07, 6.45) is 2.73. The van der Waals surface area contributed by atoms with Gasteiger partial charge in [0.15, 0.2) is 0 Å². The first-order valence-corrected chi connectivity index (χ1v) is 13.2. The first-order valence-electron chi connectivity index (χ1n) is 13.2. The Hall–Kier alpha value is -3.69. The third-order valence-electron chi connectivity index (χ3n) is 7.32. The fourth-order valence-corrected chi connectivity index (χ4v) is 5.60. The molecule has 1 saturated heterocycles. The quantitative estimate of drug-likeness (QED) is 0.479. The lowest BCUT2D eigenvalue weighted by atomic mass is 9.92. The highest BCUT2D eigenvalue weighted by Gasteiger charge is 2.50. The average molecular weight is 535 g/mol. The average Bonchev–Trinajstić information content (AvgIpc) is 3.60. The standard InChI is InChI=1S/C30H35FN4O4/c1-18(39-30(2,3)4)26(32)28(36)34-13-12-25-27(34)23(22-15-33-24-14-20(31)10-11-21(22)24)16-35(25)29(37)38-17-19-8-6-5-7-9-19/h5-12,14-15,18,23,26-27,33H,13,16-17,32H2,1-4H3. The van der Waals surface area contributed by atoms with Gasteiger partial charge in [0.25, 0.3) is 0 Å². The maximum absolute atomic E-state index is 13.9. The van der Waals surface area contributed by atoms with Crippen molar-refractivity contribution in [2.24, 2.45) is 5.73 Å². The summed E-state index contributed by atoms with van der Waals surface area (Å²) < 4.78 is 25.5. The van der Waals surface area contributed by atoms with Gasteiger partial charge in [-0.3, -0.25) is 9.69 Å². The van der Waals surface area contributed by atoms with Crippen LogP contribution in [0, 0.1) is 5.82 Å². The van der Waals surface area contributed by atoms with Gasteiger partial charge < -0.3 is 25.1 Å². The number of hydrogen-bond acceptors (Lipinski definition) is 5. The Balaban J connectivity index is 1.44. The molecule has 2 amide bonds. The van der Waals surface area contributed by atoms with E-state index in [1.54, 1.807) is 22.8 Å². The molecule has 39 heavy (non-hydrogen) atoms. The lowest BCUT2D eigenvalue weighted by Crippen LogP contribution is -2.53. The number of ether oxygens (including phenoxy) is 2. The fourth-order valence-electron chi connectivity index (χ4n) is 5.60. The van der Waals surface area contributed by atoms with Crippen molar-refractivity contribution in [3.8, 4) is 0 Å². The number of carbonyl (C=O) groups is 2. The first kappa shape index (κ1) is 26.9. The van der Waals surface area contributed by atoms with Gasteiger partial charge in [-0.2, -0.15) is 0 Å². The third kappa shape index (κ3) is 5.42. The molecule has 9 heteroatoms. The van der Waals surface area contributed by atoms with E-state index in [4.69, 9.17) is 15.2 Å². The molecule has 3 heterocycles. The van der Waals surface area contributed by atoms with Gasteiger partial charge in [-0.05, 0) is 63.1 Å². The monoisotopic (exact) mass is 534 g/mol. The Morgan fingerprint density at radius 3 is 2.64 bits per heavy atom. The number of carbonyl (C=O) groups excluding carboxylic acids is 2. The van der Waals surface area contributed by atoms with Crippen molar-refractivity contribution in [3.63, 3.8) is 0 Å². The van der Waals surface area contributed by atoms with Crippen LogP contribution < -0.4 is 5.73 Å². The number of hydrogen-bond donors (Lipinski definition) is 2. The zero-order valence-electron chi connectivity index (χ0n) is 22.7. The molecule has 8 nitrogen and oxygen atoms in total. The second-order valence-corrected chi connectivity index (χ2v) is 11.2. The first-order chi connectivity index (χ1) is 18.5. The second-order valence-electron chi connectivity index (χ2n) is 11.2. The molecular weight excluding hydrogens is 499 g/mol. The van der Waals surface area contributed by atoms with Gasteiger partial charge >= 0.3 is 6.09 Å². The number of rotatable bonds is 6. The number of amides is 2. The lowest BCUT2D eigenvalue weighted by Gasteiger charge is -2.34. The Morgan fingerprint density at radius 1 is 1.18 bits per heavy atom. The number of aromatic nitrogens is 1. The Morgan fingerprint density at radius 2 is 1.92 bits per heavy atom.